The molecule has 19 heavy (non-hydrogen) atoms. The van der Waals surface area contributed by atoms with Crippen molar-refractivity contribution in [1.29, 1.82) is 0 Å². The highest BCUT2D eigenvalue weighted by molar-refractivity contribution is 9.10. The second-order valence-corrected chi connectivity index (χ2v) is 6.38. The number of rotatable bonds is 2. The Bertz CT molecular complexity index is 597. The van der Waals surface area contributed by atoms with E-state index >= 15 is 0 Å². The van der Waals surface area contributed by atoms with Gasteiger partial charge in [-0.25, -0.2) is 0 Å². The Labute approximate surface area is 124 Å². The van der Waals surface area contributed by atoms with Crippen LogP contribution < -0.4 is 0 Å². The fourth-order valence-electron chi connectivity index (χ4n) is 1.56. The number of hydrogen-bond acceptors (Lipinski definition) is 2. The minimum atomic E-state index is -4.44. The molecular formula is C12H7BrClF3OS. The summed E-state index contributed by atoms with van der Waals surface area (Å²) >= 11 is 10.0. The van der Waals surface area contributed by atoms with Crippen LogP contribution in [-0.2, 0) is 6.18 Å². The van der Waals surface area contributed by atoms with Gasteiger partial charge in [-0.05, 0) is 30.3 Å². The monoisotopic (exact) mass is 370 g/mol. The smallest absolute Gasteiger partial charge is 0.383 e. The molecule has 0 saturated carbocycles. The van der Waals surface area contributed by atoms with Gasteiger partial charge < -0.3 is 5.11 Å². The van der Waals surface area contributed by atoms with Crippen molar-refractivity contribution in [1.82, 2.24) is 0 Å². The normalized spacial score (nSPS) is 13.6. The summed E-state index contributed by atoms with van der Waals surface area (Å²) in [5.41, 5.74) is -0.638. The van der Waals surface area contributed by atoms with Gasteiger partial charge in [0.1, 0.15) is 6.10 Å². The van der Waals surface area contributed by atoms with E-state index in [1.165, 1.54) is 6.07 Å². The molecule has 0 radical (unpaired) electrons. The van der Waals surface area contributed by atoms with Crippen molar-refractivity contribution in [3.8, 4) is 0 Å². The summed E-state index contributed by atoms with van der Waals surface area (Å²) in [5.74, 6) is 0. The molecule has 1 aromatic heterocycles. The van der Waals surface area contributed by atoms with Gasteiger partial charge in [-0.3, -0.25) is 0 Å². The Morgan fingerprint density at radius 2 is 1.89 bits per heavy atom. The standard InChI is InChI=1S/C12H7BrClF3OS/c13-8-2-1-6(12(15,16)17)5-7(8)11(18)9-3-4-10(14)19-9/h1-5,11,18H. The molecule has 1 unspecified atom stereocenters. The van der Waals surface area contributed by atoms with Gasteiger partial charge in [0.15, 0.2) is 0 Å². The molecule has 1 heterocycles. The lowest BCUT2D eigenvalue weighted by atomic mass is 10.0. The molecule has 2 rings (SSSR count). The Balaban J connectivity index is 2.44. The summed E-state index contributed by atoms with van der Waals surface area (Å²) in [6.07, 6.45) is -5.59. The molecule has 0 aliphatic carbocycles. The molecule has 1 atom stereocenters. The Hall–Kier alpha value is -0.560. The second kappa shape index (κ2) is 5.44. The zero-order valence-electron chi connectivity index (χ0n) is 9.21. The van der Waals surface area contributed by atoms with Crippen molar-refractivity contribution in [3.05, 3.63) is 55.1 Å². The van der Waals surface area contributed by atoms with Crippen LogP contribution in [0.4, 0.5) is 13.2 Å². The molecule has 0 aliphatic heterocycles. The molecule has 2 aromatic rings. The lowest BCUT2D eigenvalue weighted by Gasteiger charge is -2.14. The van der Waals surface area contributed by atoms with E-state index in [1.54, 1.807) is 12.1 Å². The first-order valence-corrected chi connectivity index (χ1v) is 7.07. The van der Waals surface area contributed by atoms with Crippen molar-refractivity contribution in [2.75, 3.05) is 0 Å². The van der Waals surface area contributed by atoms with E-state index in [0.717, 1.165) is 23.5 Å². The van der Waals surface area contributed by atoms with E-state index in [9.17, 15) is 18.3 Å². The zero-order chi connectivity index (χ0) is 14.2. The molecule has 1 aromatic carbocycles. The van der Waals surface area contributed by atoms with Gasteiger partial charge in [0.05, 0.1) is 9.90 Å². The molecule has 0 aliphatic rings. The summed E-state index contributed by atoms with van der Waals surface area (Å²) in [6, 6.07) is 6.34. The molecule has 7 heteroatoms. The second-order valence-electron chi connectivity index (χ2n) is 3.78. The van der Waals surface area contributed by atoms with Crippen molar-refractivity contribution in [2.24, 2.45) is 0 Å². The van der Waals surface area contributed by atoms with Crippen LogP contribution in [0.2, 0.25) is 4.34 Å². The van der Waals surface area contributed by atoms with Gasteiger partial charge in [0.2, 0.25) is 0 Å². The molecule has 0 amide bonds. The number of aliphatic hydroxyl groups is 1. The number of aliphatic hydroxyl groups excluding tert-OH is 1. The zero-order valence-corrected chi connectivity index (χ0v) is 12.4. The Morgan fingerprint density at radius 1 is 1.21 bits per heavy atom. The van der Waals surface area contributed by atoms with Crippen LogP contribution >= 0.6 is 38.9 Å². The van der Waals surface area contributed by atoms with Crippen molar-refractivity contribution < 1.29 is 18.3 Å². The van der Waals surface area contributed by atoms with Gasteiger partial charge in [0.25, 0.3) is 0 Å². The lowest BCUT2D eigenvalue weighted by molar-refractivity contribution is -0.137. The highest BCUT2D eigenvalue weighted by atomic mass is 79.9. The van der Waals surface area contributed by atoms with E-state index in [1.807, 2.05) is 0 Å². The molecule has 0 bridgehead atoms. The predicted molar refractivity (Wildman–Crippen MR) is 72.5 cm³/mol. The molecule has 1 nitrogen and oxygen atoms in total. The average Bonchev–Trinajstić information content (AvgIpc) is 2.74. The minimum absolute atomic E-state index is 0.161. The summed E-state index contributed by atoms with van der Waals surface area (Å²) in [5, 5.41) is 10.1. The summed E-state index contributed by atoms with van der Waals surface area (Å²) in [7, 11) is 0. The maximum absolute atomic E-state index is 12.7. The molecule has 102 valence electrons. The third-order valence-corrected chi connectivity index (χ3v) is 4.49. The van der Waals surface area contributed by atoms with Gasteiger partial charge in [-0.15, -0.1) is 11.3 Å². The molecule has 0 fully saturated rings. The van der Waals surface area contributed by atoms with E-state index < -0.39 is 17.8 Å². The van der Waals surface area contributed by atoms with Crippen molar-refractivity contribution in [2.45, 2.75) is 12.3 Å². The van der Waals surface area contributed by atoms with Gasteiger partial charge >= 0.3 is 6.18 Å². The van der Waals surface area contributed by atoms with Crippen LogP contribution in [0.15, 0.2) is 34.8 Å². The highest BCUT2D eigenvalue weighted by Crippen LogP contribution is 2.37. The molecular weight excluding hydrogens is 365 g/mol. The maximum atomic E-state index is 12.7. The maximum Gasteiger partial charge on any atom is 0.416 e. The lowest BCUT2D eigenvalue weighted by Crippen LogP contribution is -2.07. The molecule has 1 N–H and O–H groups in total. The Kier molecular flexibility index (Phi) is 4.25. The van der Waals surface area contributed by atoms with E-state index in [0.29, 0.717) is 13.7 Å². The first-order valence-electron chi connectivity index (χ1n) is 5.09. The van der Waals surface area contributed by atoms with Crippen molar-refractivity contribution >= 4 is 38.9 Å². The third-order valence-electron chi connectivity index (χ3n) is 2.48. The topological polar surface area (TPSA) is 20.2 Å². The van der Waals surface area contributed by atoms with Gasteiger partial charge in [0, 0.05) is 14.9 Å². The van der Waals surface area contributed by atoms with Gasteiger partial charge in [-0.1, -0.05) is 27.5 Å². The van der Waals surface area contributed by atoms with Crippen LogP contribution in [0.5, 0.6) is 0 Å². The number of hydrogen-bond donors (Lipinski definition) is 1. The van der Waals surface area contributed by atoms with Crippen LogP contribution in [0.1, 0.15) is 22.1 Å². The molecule has 0 saturated heterocycles. The number of alkyl halides is 3. The summed E-state index contributed by atoms with van der Waals surface area (Å²) < 4.78 is 38.8. The minimum Gasteiger partial charge on any atom is -0.383 e. The number of thiophene rings is 1. The number of benzene rings is 1. The van der Waals surface area contributed by atoms with E-state index in [4.69, 9.17) is 11.6 Å². The summed E-state index contributed by atoms with van der Waals surface area (Å²) in [4.78, 5) is 0.491. The summed E-state index contributed by atoms with van der Waals surface area (Å²) in [6.45, 7) is 0. The van der Waals surface area contributed by atoms with Crippen molar-refractivity contribution in [3.63, 3.8) is 0 Å². The predicted octanol–water partition coefficient (Wildman–Crippen LogP) is 5.26. The number of halogens is 5. The van der Waals surface area contributed by atoms with E-state index in [2.05, 4.69) is 15.9 Å². The molecule has 0 spiro atoms. The fraction of sp³-hybridized carbons (Fsp3) is 0.167. The van der Waals surface area contributed by atoms with Crippen LogP contribution in [-0.4, -0.2) is 5.11 Å². The first kappa shape index (κ1) is 14.8. The highest BCUT2D eigenvalue weighted by Gasteiger charge is 2.31. The Morgan fingerprint density at radius 3 is 2.42 bits per heavy atom. The third kappa shape index (κ3) is 3.31. The fourth-order valence-corrected chi connectivity index (χ4v) is 3.09. The first-order chi connectivity index (χ1) is 8.79. The van der Waals surface area contributed by atoms with Crippen LogP contribution in [0.3, 0.4) is 0 Å². The largest absolute Gasteiger partial charge is 0.416 e. The van der Waals surface area contributed by atoms with Gasteiger partial charge in [-0.2, -0.15) is 13.2 Å². The van der Waals surface area contributed by atoms with Crippen LogP contribution in [0, 0.1) is 0 Å². The SMILES string of the molecule is OC(c1ccc(Cl)s1)c1cc(C(F)(F)F)ccc1Br. The quantitative estimate of drug-likeness (QED) is 0.763. The average molecular weight is 372 g/mol. The van der Waals surface area contributed by atoms with E-state index in [-0.39, 0.29) is 5.56 Å². The van der Waals surface area contributed by atoms with Crippen LogP contribution in [0.25, 0.3) is 0 Å².